The molecule has 5 nitrogen and oxygen atoms in total. The maximum Gasteiger partial charge on any atom is 0.316 e. The molecular formula is C18H16N2O3S2. The zero-order valence-electron chi connectivity index (χ0n) is 13.7. The molecule has 1 N–H and O–H groups in total. The molecule has 0 aliphatic heterocycles. The maximum absolute atomic E-state index is 12.4. The third-order valence-corrected chi connectivity index (χ3v) is 5.69. The Morgan fingerprint density at radius 3 is 2.80 bits per heavy atom. The van der Waals surface area contributed by atoms with E-state index >= 15 is 0 Å². The minimum absolute atomic E-state index is 0.137. The molecule has 3 aromatic rings. The number of esters is 1. The lowest BCUT2D eigenvalue weighted by Gasteiger charge is -2.07. The first-order valence-electron chi connectivity index (χ1n) is 7.54. The molecule has 0 bridgehead atoms. The minimum atomic E-state index is -0.282. The van der Waals surface area contributed by atoms with E-state index in [1.54, 1.807) is 6.07 Å². The van der Waals surface area contributed by atoms with Crippen LogP contribution in [0.3, 0.4) is 0 Å². The molecule has 25 heavy (non-hydrogen) atoms. The summed E-state index contributed by atoms with van der Waals surface area (Å²) in [6.45, 7) is 1.91. The van der Waals surface area contributed by atoms with E-state index in [0.717, 1.165) is 20.1 Å². The highest BCUT2D eigenvalue weighted by molar-refractivity contribution is 8.01. The van der Waals surface area contributed by atoms with Gasteiger partial charge in [-0.1, -0.05) is 30.0 Å². The molecule has 7 heteroatoms. The number of amides is 1. The summed E-state index contributed by atoms with van der Waals surface area (Å²) in [6.07, 6.45) is 0. The van der Waals surface area contributed by atoms with Gasteiger partial charge < -0.3 is 10.1 Å². The number of anilines is 1. The van der Waals surface area contributed by atoms with Crippen LogP contribution >= 0.6 is 23.1 Å². The average Bonchev–Trinajstić information content (AvgIpc) is 3.02. The van der Waals surface area contributed by atoms with Gasteiger partial charge in [0.05, 0.1) is 23.1 Å². The van der Waals surface area contributed by atoms with Crippen LogP contribution in [0.1, 0.15) is 15.9 Å². The molecule has 128 valence electrons. The fourth-order valence-electron chi connectivity index (χ4n) is 2.25. The maximum atomic E-state index is 12.4. The Morgan fingerprint density at radius 2 is 2.04 bits per heavy atom. The third kappa shape index (κ3) is 4.18. The molecule has 0 saturated heterocycles. The van der Waals surface area contributed by atoms with Gasteiger partial charge in [-0.15, -0.1) is 11.3 Å². The van der Waals surface area contributed by atoms with Gasteiger partial charge in [0.1, 0.15) is 0 Å². The van der Waals surface area contributed by atoms with Crippen molar-refractivity contribution in [2.75, 3.05) is 18.2 Å². The van der Waals surface area contributed by atoms with Crippen LogP contribution in [-0.2, 0) is 9.53 Å². The highest BCUT2D eigenvalue weighted by Gasteiger charge is 2.11. The van der Waals surface area contributed by atoms with Gasteiger partial charge >= 0.3 is 5.97 Å². The van der Waals surface area contributed by atoms with Gasteiger partial charge in [-0.25, -0.2) is 4.98 Å². The highest BCUT2D eigenvalue weighted by atomic mass is 32.2. The monoisotopic (exact) mass is 372 g/mol. The fourth-order valence-corrected chi connectivity index (χ4v) is 4.19. The standard InChI is InChI=1S/C18H16N2O3S2/c1-11-5-3-4-6-13(11)17(22)19-12-7-8-14-15(9-12)25-18(20-14)24-10-16(21)23-2/h3-9H,10H2,1-2H3,(H,19,22). The molecule has 0 aliphatic carbocycles. The van der Waals surface area contributed by atoms with Crippen molar-refractivity contribution in [3.63, 3.8) is 0 Å². The molecule has 0 aliphatic rings. The van der Waals surface area contributed by atoms with Crippen molar-refractivity contribution in [2.24, 2.45) is 0 Å². The minimum Gasteiger partial charge on any atom is -0.468 e. The number of hydrogen-bond acceptors (Lipinski definition) is 6. The lowest BCUT2D eigenvalue weighted by molar-refractivity contribution is -0.137. The molecule has 0 spiro atoms. The van der Waals surface area contributed by atoms with Gasteiger partial charge in [-0.3, -0.25) is 9.59 Å². The van der Waals surface area contributed by atoms with E-state index in [9.17, 15) is 9.59 Å². The molecular weight excluding hydrogens is 356 g/mol. The predicted octanol–water partition coefficient (Wildman–Crippen LogP) is 4.12. The van der Waals surface area contributed by atoms with Crippen LogP contribution in [-0.4, -0.2) is 29.7 Å². The number of methoxy groups -OCH3 is 1. The number of aryl methyl sites for hydroxylation is 1. The Labute approximate surface area is 153 Å². The lowest BCUT2D eigenvalue weighted by atomic mass is 10.1. The number of nitrogens with zero attached hydrogens (tertiary/aromatic N) is 1. The number of fused-ring (bicyclic) bond motifs is 1. The van der Waals surface area contributed by atoms with Crippen molar-refractivity contribution in [1.82, 2.24) is 4.98 Å². The Bertz CT molecular complexity index is 937. The van der Waals surface area contributed by atoms with Gasteiger partial charge in [0.15, 0.2) is 4.34 Å². The number of carbonyl (C=O) groups is 2. The van der Waals surface area contributed by atoms with Crippen molar-refractivity contribution in [1.29, 1.82) is 0 Å². The summed E-state index contributed by atoms with van der Waals surface area (Å²) in [7, 11) is 1.37. The van der Waals surface area contributed by atoms with Crippen LogP contribution in [0.15, 0.2) is 46.8 Å². The van der Waals surface area contributed by atoms with Crippen molar-refractivity contribution in [3.05, 3.63) is 53.6 Å². The molecule has 0 atom stereocenters. The second-order valence-electron chi connectivity index (χ2n) is 5.30. The van der Waals surface area contributed by atoms with Gasteiger partial charge in [-0.05, 0) is 36.8 Å². The number of ether oxygens (including phenoxy) is 1. The molecule has 1 heterocycles. The Hall–Kier alpha value is -2.38. The van der Waals surface area contributed by atoms with Crippen LogP contribution < -0.4 is 5.32 Å². The fraction of sp³-hybridized carbons (Fsp3) is 0.167. The Kier molecular flexibility index (Phi) is 5.35. The highest BCUT2D eigenvalue weighted by Crippen LogP contribution is 2.31. The van der Waals surface area contributed by atoms with E-state index in [0.29, 0.717) is 11.3 Å². The molecule has 1 aromatic heterocycles. The zero-order valence-corrected chi connectivity index (χ0v) is 15.4. The average molecular weight is 372 g/mol. The van der Waals surface area contributed by atoms with E-state index < -0.39 is 0 Å². The van der Waals surface area contributed by atoms with Crippen LogP contribution in [0.5, 0.6) is 0 Å². The van der Waals surface area contributed by atoms with Crippen LogP contribution in [0.2, 0.25) is 0 Å². The quantitative estimate of drug-likeness (QED) is 0.539. The number of nitrogens with one attached hydrogen (secondary N) is 1. The second kappa shape index (κ2) is 7.67. The largest absolute Gasteiger partial charge is 0.468 e. The first-order chi connectivity index (χ1) is 12.1. The van der Waals surface area contributed by atoms with Crippen LogP contribution in [0.25, 0.3) is 10.2 Å². The van der Waals surface area contributed by atoms with E-state index in [-0.39, 0.29) is 17.6 Å². The van der Waals surface area contributed by atoms with E-state index in [4.69, 9.17) is 0 Å². The van der Waals surface area contributed by atoms with E-state index in [1.807, 2.05) is 43.3 Å². The normalized spacial score (nSPS) is 10.6. The number of thioether (sulfide) groups is 1. The first kappa shape index (κ1) is 17.4. The summed E-state index contributed by atoms with van der Waals surface area (Å²) in [5.41, 5.74) is 3.14. The SMILES string of the molecule is COC(=O)CSc1nc2ccc(NC(=O)c3ccccc3C)cc2s1. The smallest absolute Gasteiger partial charge is 0.316 e. The number of aromatic nitrogens is 1. The van der Waals surface area contributed by atoms with Crippen molar-refractivity contribution >= 4 is 50.9 Å². The van der Waals surface area contributed by atoms with Crippen LogP contribution in [0, 0.1) is 6.92 Å². The van der Waals surface area contributed by atoms with Crippen molar-refractivity contribution < 1.29 is 14.3 Å². The van der Waals surface area contributed by atoms with Gasteiger partial charge in [0.25, 0.3) is 5.91 Å². The number of rotatable bonds is 5. The van der Waals surface area contributed by atoms with Crippen molar-refractivity contribution in [2.45, 2.75) is 11.3 Å². The van der Waals surface area contributed by atoms with Crippen LogP contribution in [0.4, 0.5) is 5.69 Å². The molecule has 0 unspecified atom stereocenters. The third-order valence-electron chi connectivity index (χ3n) is 3.56. The number of hydrogen-bond donors (Lipinski definition) is 1. The second-order valence-corrected chi connectivity index (χ2v) is 7.55. The molecule has 0 saturated carbocycles. The first-order valence-corrected chi connectivity index (χ1v) is 9.34. The summed E-state index contributed by atoms with van der Waals surface area (Å²) in [5, 5.41) is 2.92. The van der Waals surface area contributed by atoms with Gasteiger partial charge in [-0.2, -0.15) is 0 Å². The summed E-state index contributed by atoms with van der Waals surface area (Å²) in [6, 6.07) is 13.0. The van der Waals surface area contributed by atoms with E-state index in [1.165, 1.54) is 30.2 Å². The number of thiazole rings is 1. The zero-order chi connectivity index (χ0) is 17.8. The van der Waals surface area contributed by atoms with Gasteiger partial charge in [0.2, 0.25) is 0 Å². The molecule has 1 amide bonds. The topological polar surface area (TPSA) is 68.3 Å². The van der Waals surface area contributed by atoms with E-state index in [2.05, 4.69) is 15.0 Å². The summed E-state index contributed by atoms with van der Waals surface area (Å²) >= 11 is 2.83. The predicted molar refractivity (Wildman–Crippen MR) is 101 cm³/mol. The molecule has 3 rings (SSSR count). The molecule has 0 fully saturated rings. The summed E-state index contributed by atoms with van der Waals surface area (Å²) in [5.74, 6) is -0.189. The van der Waals surface area contributed by atoms with Gasteiger partial charge in [0, 0.05) is 11.3 Å². The number of carbonyl (C=O) groups excluding carboxylic acids is 2. The van der Waals surface area contributed by atoms with Crippen molar-refractivity contribution in [3.8, 4) is 0 Å². The number of benzene rings is 2. The summed E-state index contributed by atoms with van der Waals surface area (Å²) in [4.78, 5) is 28.1. The summed E-state index contributed by atoms with van der Waals surface area (Å²) < 4.78 is 6.38. The molecule has 2 aromatic carbocycles. The Balaban J connectivity index is 1.76. The lowest BCUT2D eigenvalue weighted by Crippen LogP contribution is -2.13. The molecule has 0 radical (unpaired) electrons. The Morgan fingerprint density at radius 1 is 1.24 bits per heavy atom.